The number of imidazole rings is 1. The molecular formula is C13H24N3O+. The summed E-state index contributed by atoms with van der Waals surface area (Å²) >= 11 is 0. The number of hydrogen-bond donors (Lipinski definition) is 1. The quantitative estimate of drug-likeness (QED) is 0.569. The van der Waals surface area contributed by atoms with Crippen molar-refractivity contribution in [1.82, 2.24) is 9.88 Å². The lowest BCUT2D eigenvalue weighted by Crippen LogP contribution is -2.40. The minimum Gasteiger partial charge on any atom is -0.346 e. The number of rotatable bonds is 7. The van der Waals surface area contributed by atoms with Gasteiger partial charge in [0.1, 0.15) is 12.4 Å². The zero-order valence-electron chi connectivity index (χ0n) is 11.2. The van der Waals surface area contributed by atoms with E-state index in [0.717, 1.165) is 44.6 Å². The third-order valence-corrected chi connectivity index (χ3v) is 2.85. The average molecular weight is 238 g/mol. The molecule has 1 N–H and O–H groups in total. The molecule has 1 aromatic rings. The smallest absolute Gasteiger partial charge is 0.346 e. The molecule has 4 heteroatoms. The molecule has 4 nitrogen and oxygen atoms in total. The van der Waals surface area contributed by atoms with Gasteiger partial charge in [0.25, 0.3) is 0 Å². The molecule has 0 radical (unpaired) electrons. The summed E-state index contributed by atoms with van der Waals surface area (Å²) < 4.78 is 3.92. The van der Waals surface area contributed by atoms with Gasteiger partial charge < -0.3 is 5.32 Å². The third kappa shape index (κ3) is 3.88. The maximum atomic E-state index is 12.0. The van der Waals surface area contributed by atoms with E-state index < -0.39 is 0 Å². The zero-order valence-corrected chi connectivity index (χ0v) is 11.2. The van der Waals surface area contributed by atoms with E-state index in [4.69, 9.17) is 0 Å². The lowest BCUT2D eigenvalue weighted by Gasteiger charge is -2.03. The Bertz CT molecular complexity index is 358. The molecule has 0 bridgehead atoms. The fourth-order valence-corrected chi connectivity index (χ4v) is 1.78. The molecule has 0 unspecified atom stereocenters. The van der Waals surface area contributed by atoms with Gasteiger partial charge in [-0.2, -0.15) is 0 Å². The van der Waals surface area contributed by atoms with Gasteiger partial charge >= 0.3 is 11.7 Å². The average Bonchev–Trinajstić information content (AvgIpc) is 2.68. The van der Waals surface area contributed by atoms with Crippen LogP contribution in [0.4, 0.5) is 0 Å². The fourth-order valence-electron chi connectivity index (χ4n) is 1.78. The molecule has 0 saturated heterocycles. The van der Waals surface area contributed by atoms with Crippen LogP contribution in [-0.2, 0) is 13.6 Å². The molecule has 96 valence electrons. The summed E-state index contributed by atoms with van der Waals surface area (Å²) in [4.78, 5) is 12.0. The molecule has 0 fully saturated rings. The first kappa shape index (κ1) is 13.7. The van der Waals surface area contributed by atoms with Gasteiger partial charge in [-0.3, -0.25) is 4.79 Å². The van der Waals surface area contributed by atoms with E-state index in [2.05, 4.69) is 19.2 Å². The van der Waals surface area contributed by atoms with Crippen molar-refractivity contribution in [2.45, 2.75) is 46.1 Å². The number of hydrogen-bond acceptors (Lipinski definition) is 1. The second kappa shape index (κ2) is 7.09. The van der Waals surface area contributed by atoms with Gasteiger partial charge in [-0.15, -0.1) is 0 Å². The summed E-state index contributed by atoms with van der Waals surface area (Å²) in [6.07, 6.45) is 8.28. The highest BCUT2D eigenvalue weighted by Gasteiger charge is 2.22. The second-order valence-corrected chi connectivity index (χ2v) is 4.39. The van der Waals surface area contributed by atoms with Crippen molar-refractivity contribution in [3.63, 3.8) is 0 Å². The first-order valence-electron chi connectivity index (χ1n) is 6.53. The number of carbonyl (C=O) groups is 1. The summed E-state index contributed by atoms with van der Waals surface area (Å²) in [7, 11) is 1.91. The molecule has 0 aliphatic heterocycles. The Morgan fingerprint density at radius 2 is 2.06 bits per heavy atom. The maximum Gasteiger partial charge on any atom is 0.347 e. The summed E-state index contributed by atoms with van der Waals surface area (Å²) in [5, 5.41) is 2.96. The van der Waals surface area contributed by atoms with Crippen LogP contribution in [0, 0.1) is 0 Å². The molecule has 1 heterocycles. The van der Waals surface area contributed by atoms with Crippen molar-refractivity contribution < 1.29 is 9.36 Å². The Morgan fingerprint density at radius 1 is 1.35 bits per heavy atom. The fraction of sp³-hybridized carbons (Fsp3) is 0.692. The van der Waals surface area contributed by atoms with Crippen LogP contribution < -0.4 is 9.88 Å². The zero-order chi connectivity index (χ0) is 12.7. The molecule has 1 rings (SSSR count). The Hall–Kier alpha value is -1.32. The van der Waals surface area contributed by atoms with Gasteiger partial charge in [0.05, 0.1) is 13.6 Å². The van der Waals surface area contributed by atoms with Crippen LogP contribution >= 0.6 is 0 Å². The van der Waals surface area contributed by atoms with Crippen LogP contribution in [0.5, 0.6) is 0 Å². The van der Waals surface area contributed by atoms with Crippen LogP contribution in [0.25, 0.3) is 0 Å². The largest absolute Gasteiger partial charge is 0.347 e. The van der Waals surface area contributed by atoms with Gasteiger partial charge in [-0.1, -0.05) is 26.7 Å². The molecule has 17 heavy (non-hydrogen) atoms. The van der Waals surface area contributed by atoms with Crippen molar-refractivity contribution in [2.75, 3.05) is 6.54 Å². The standard InChI is InChI=1S/C13H23N3O/c1-4-6-8-14-12(17)13-15(3)10-11-16(13)9-7-5-2/h10-11H,4-9H2,1-3H3/p+1. The predicted molar refractivity (Wildman–Crippen MR) is 67.8 cm³/mol. The molecule has 0 aliphatic carbocycles. The first-order valence-corrected chi connectivity index (χ1v) is 6.53. The van der Waals surface area contributed by atoms with Crippen molar-refractivity contribution in [1.29, 1.82) is 0 Å². The van der Waals surface area contributed by atoms with E-state index in [9.17, 15) is 4.79 Å². The topological polar surface area (TPSA) is 37.9 Å². The Kier molecular flexibility index (Phi) is 5.73. The highest BCUT2D eigenvalue weighted by molar-refractivity contribution is 5.89. The molecular weight excluding hydrogens is 214 g/mol. The van der Waals surface area contributed by atoms with E-state index in [1.165, 1.54) is 0 Å². The molecule has 0 saturated carbocycles. The van der Waals surface area contributed by atoms with Crippen molar-refractivity contribution in [3.05, 3.63) is 18.2 Å². The summed E-state index contributed by atoms with van der Waals surface area (Å²) in [6, 6.07) is 0. The second-order valence-electron chi connectivity index (χ2n) is 4.39. The van der Waals surface area contributed by atoms with Crippen LogP contribution in [0.15, 0.2) is 12.4 Å². The maximum absolute atomic E-state index is 12.0. The first-order chi connectivity index (χ1) is 8.20. The molecule has 1 amide bonds. The minimum atomic E-state index is 0.0297. The van der Waals surface area contributed by atoms with E-state index in [0.29, 0.717) is 0 Å². The number of amides is 1. The highest BCUT2D eigenvalue weighted by atomic mass is 16.2. The lowest BCUT2D eigenvalue weighted by atomic mass is 10.3. The number of unbranched alkanes of at least 4 members (excludes halogenated alkanes) is 2. The van der Waals surface area contributed by atoms with Gasteiger partial charge in [0, 0.05) is 6.54 Å². The van der Waals surface area contributed by atoms with Gasteiger partial charge in [-0.05, 0) is 12.8 Å². The van der Waals surface area contributed by atoms with Crippen molar-refractivity contribution >= 4 is 5.91 Å². The highest BCUT2D eigenvalue weighted by Crippen LogP contribution is 1.99. The molecule has 0 atom stereocenters. The summed E-state index contributed by atoms with van der Waals surface area (Å²) in [5.41, 5.74) is 0. The Labute approximate surface area is 104 Å². The van der Waals surface area contributed by atoms with Crippen molar-refractivity contribution in [3.8, 4) is 0 Å². The van der Waals surface area contributed by atoms with E-state index >= 15 is 0 Å². The van der Waals surface area contributed by atoms with Gasteiger partial charge in [0.15, 0.2) is 0 Å². The molecule has 0 aliphatic rings. The Balaban J connectivity index is 2.66. The normalized spacial score (nSPS) is 10.5. The molecule has 1 aromatic heterocycles. The van der Waals surface area contributed by atoms with Gasteiger partial charge in [-0.25, -0.2) is 9.13 Å². The third-order valence-electron chi connectivity index (χ3n) is 2.85. The Morgan fingerprint density at radius 3 is 2.71 bits per heavy atom. The number of nitrogens with one attached hydrogen (secondary N) is 1. The lowest BCUT2D eigenvalue weighted by molar-refractivity contribution is -0.673. The molecule has 0 aromatic carbocycles. The summed E-state index contributed by atoms with van der Waals surface area (Å²) in [5.74, 6) is 0.775. The minimum absolute atomic E-state index is 0.0297. The SMILES string of the molecule is CCCCNC(=O)c1n(CCCC)cc[n+]1C. The number of carbonyl (C=O) groups excluding carboxylic acids is 1. The van der Waals surface area contributed by atoms with Crippen LogP contribution in [0.3, 0.4) is 0 Å². The van der Waals surface area contributed by atoms with E-state index in [1.807, 2.05) is 28.6 Å². The number of nitrogens with zero attached hydrogens (tertiary/aromatic N) is 2. The molecule has 0 spiro atoms. The van der Waals surface area contributed by atoms with E-state index in [-0.39, 0.29) is 5.91 Å². The van der Waals surface area contributed by atoms with Crippen molar-refractivity contribution in [2.24, 2.45) is 7.05 Å². The van der Waals surface area contributed by atoms with Crippen LogP contribution in [0.2, 0.25) is 0 Å². The monoisotopic (exact) mass is 238 g/mol. The predicted octanol–water partition coefficient (Wildman–Crippen LogP) is 1.64. The van der Waals surface area contributed by atoms with E-state index in [1.54, 1.807) is 0 Å². The summed E-state index contributed by atoms with van der Waals surface area (Å²) in [6.45, 7) is 5.95. The number of aromatic nitrogens is 2. The van der Waals surface area contributed by atoms with Crippen LogP contribution in [0.1, 0.15) is 50.1 Å². The van der Waals surface area contributed by atoms with Gasteiger partial charge in [0.2, 0.25) is 0 Å². The van der Waals surface area contributed by atoms with Crippen LogP contribution in [-0.4, -0.2) is 17.0 Å². The number of aryl methyl sites for hydroxylation is 2.